The summed E-state index contributed by atoms with van der Waals surface area (Å²) in [6, 6.07) is 8.99. The van der Waals surface area contributed by atoms with E-state index in [0.29, 0.717) is 23.1 Å². The highest BCUT2D eigenvalue weighted by Crippen LogP contribution is 2.42. The molecule has 1 saturated heterocycles. The zero-order valence-corrected chi connectivity index (χ0v) is 19.6. The highest BCUT2D eigenvalue weighted by Gasteiger charge is 2.29. The Balaban J connectivity index is 1.78. The van der Waals surface area contributed by atoms with Crippen molar-refractivity contribution in [2.75, 3.05) is 18.9 Å². The Labute approximate surface area is 199 Å². The minimum Gasteiger partial charge on any atom is -0.398 e. The molecule has 0 spiro atoms. The second-order valence-electron chi connectivity index (χ2n) is 9.54. The number of nitrogens with one attached hydrogen (secondary N) is 1. The summed E-state index contributed by atoms with van der Waals surface area (Å²) in [6.45, 7) is 1.49. The quantitative estimate of drug-likeness (QED) is 0.313. The number of nitrogen functional groups attached to an aromatic ring is 1. The van der Waals surface area contributed by atoms with Gasteiger partial charge in [0.1, 0.15) is 5.82 Å². The first-order valence-electron chi connectivity index (χ1n) is 12.1. The van der Waals surface area contributed by atoms with Gasteiger partial charge in [-0.3, -0.25) is 0 Å². The van der Waals surface area contributed by atoms with Crippen molar-refractivity contribution in [1.82, 2.24) is 4.57 Å². The van der Waals surface area contributed by atoms with Gasteiger partial charge in [-0.05, 0) is 61.1 Å². The van der Waals surface area contributed by atoms with Crippen LogP contribution in [0.1, 0.15) is 67.7 Å². The molecule has 1 aliphatic heterocycles. The molecule has 0 bridgehead atoms. The van der Waals surface area contributed by atoms with E-state index in [1.54, 1.807) is 12.1 Å². The van der Waals surface area contributed by atoms with Crippen LogP contribution in [-0.4, -0.2) is 24.0 Å². The Bertz CT molecular complexity index is 1180. The van der Waals surface area contributed by atoms with E-state index in [1.165, 1.54) is 55.6 Å². The number of aromatic nitrogens is 1. The Hall–Kier alpha value is -2.37. The maximum atomic E-state index is 14.1. The molecular weight excluding hydrogens is 437 g/mol. The number of hydrogen-bond acceptors (Lipinski definition) is 3. The molecular formula is C27H31ClFN3O. The fraction of sp³-hybridized carbons (Fsp3) is 0.444. The average Bonchev–Trinajstić information content (AvgIpc) is 3.14. The summed E-state index contributed by atoms with van der Waals surface area (Å²) in [5.41, 5.74) is 12.2. The number of halogens is 2. The highest BCUT2D eigenvalue weighted by molar-refractivity contribution is 6.30. The van der Waals surface area contributed by atoms with Gasteiger partial charge in [0, 0.05) is 53.4 Å². The Kier molecular flexibility index (Phi) is 6.44. The van der Waals surface area contributed by atoms with Gasteiger partial charge < -0.3 is 20.4 Å². The number of rotatable bonds is 5. The Morgan fingerprint density at radius 1 is 1.09 bits per heavy atom. The molecule has 2 aromatic carbocycles. The number of ether oxygens (including phenoxy) is 1. The van der Waals surface area contributed by atoms with E-state index in [0.717, 1.165) is 49.1 Å². The first-order valence-corrected chi connectivity index (χ1v) is 12.4. The van der Waals surface area contributed by atoms with Crippen molar-refractivity contribution < 1.29 is 9.13 Å². The fourth-order valence-corrected chi connectivity index (χ4v) is 5.95. The molecule has 3 N–H and O–H groups in total. The minimum absolute atomic E-state index is 0.115. The van der Waals surface area contributed by atoms with Gasteiger partial charge in [0.15, 0.2) is 0 Å². The average molecular weight is 468 g/mol. The molecule has 0 radical (unpaired) electrons. The van der Waals surface area contributed by atoms with Gasteiger partial charge in [0.2, 0.25) is 0 Å². The molecule has 3 aromatic rings. The van der Waals surface area contributed by atoms with Crippen LogP contribution >= 0.6 is 11.6 Å². The Morgan fingerprint density at radius 2 is 1.85 bits per heavy atom. The molecule has 1 aromatic heterocycles. The third kappa shape index (κ3) is 4.29. The highest BCUT2D eigenvalue weighted by atomic mass is 35.5. The van der Waals surface area contributed by atoms with Crippen LogP contribution in [0.4, 0.5) is 10.1 Å². The molecule has 174 valence electrons. The van der Waals surface area contributed by atoms with Gasteiger partial charge in [0.05, 0.1) is 10.5 Å². The summed E-state index contributed by atoms with van der Waals surface area (Å²) < 4.78 is 22.0. The molecule has 0 amide bonds. The molecule has 0 unspecified atom stereocenters. The molecule has 2 heterocycles. The molecule has 2 aliphatic rings. The minimum atomic E-state index is -0.420. The summed E-state index contributed by atoms with van der Waals surface area (Å²) in [7, 11) is 0. The van der Waals surface area contributed by atoms with E-state index in [-0.39, 0.29) is 5.02 Å². The zero-order valence-electron chi connectivity index (χ0n) is 18.9. The van der Waals surface area contributed by atoms with Gasteiger partial charge in [-0.2, -0.15) is 0 Å². The summed E-state index contributed by atoms with van der Waals surface area (Å²) in [4.78, 5) is 0. The lowest BCUT2D eigenvalue weighted by molar-refractivity contribution is 0.0840. The topological polar surface area (TPSA) is 64.0 Å². The zero-order chi connectivity index (χ0) is 22.9. The second-order valence-corrected chi connectivity index (χ2v) is 9.94. The third-order valence-electron chi connectivity index (χ3n) is 7.46. The molecule has 1 aliphatic carbocycles. The van der Waals surface area contributed by atoms with E-state index in [1.807, 2.05) is 12.1 Å². The van der Waals surface area contributed by atoms with Gasteiger partial charge >= 0.3 is 0 Å². The van der Waals surface area contributed by atoms with E-state index in [9.17, 15) is 4.39 Å². The molecule has 4 nitrogen and oxygen atoms in total. The van der Waals surface area contributed by atoms with Crippen LogP contribution in [0.15, 0.2) is 30.3 Å². The van der Waals surface area contributed by atoms with Crippen molar-refractivity contribution in [3.05, 3.63) is 58.0 Å². The van der Waals surface area contributed by atoms with Crippen LogP contribution in [0.2, 0.25) is 5.02 Å². The van der Waals surface area contributed by atoms with E-state index in [2.05, 4.69) is 4.57 Å². The SMILES string of the molecule is N=Cc1cc2c(cc1N)c(CC1CCCCC1)c(C1CCOCC1)n2-c1ccc(F)c(Cl)c1. The number of nitrogens with zero attached hydrogens (tertiary/aromatic N) is 1. The smallest absolute Gasteiger partial charge is 0.141 e. The largest absolute Gasteiger partial charge is 0.398 e. The molecule has 33 heavy (non-hydrogen) atoms. The number of benzene rings is 2. The lowest BCUT2D eigenvalue weighted by atomic mass is 9.82. The lowest BCUT2D eigenvalue weighted by Crippen LogP contribution is -2.19. The molecule has 5 rings (SSSR count). The number of anilines is 1. The van der Waals surface area contributed by atoms with Gasteiger partial charge in [-0.1, -0.05) is 43.7 Å². The van der Waals surface area contributed by atoms with Crippen LogP contribution < -0.4 is 5.73 Å². The number of nitrogens with two attached hydrogens (primary N) is 1. The van der Waals surface area contributed by atoms with Crippen LogP contribution in [0.25, 0.3) is 16.6 Å². The van der Waals surface area contributed by atoms with Crippen molar-refractivity contribution >= 4 is 34.4 Å². The maximum Gasteiger partial charge on any atom is 0.141 e. The van der Waals surface area contributed by atoms with E-state index >= 15 is 0 Å². The third-order valence-corrected chi connectivity index (χ3v) is 7.75. The molecule has 2 fully saturated rings. The van der Waals surface area contributed by atoms with Crippen molar-refractivity contribution in [2.24, 2.45) is 5.92 Å². The van der Waals surface area contributed by atoms with Crippen LogP contribution in [0.5, 0.6) is 0 Å². The molecule has 1 saturated carbocycles. The summed E-state index contributed by atoms with van der Waals surface area (Å²) in [5, 5.41) is 9.12. The normalized spacial score (nSPS) is 18.1. The predicted molar refractivity (Wildman–Crippen MR) is 134 cm³/mol. The maximum absolute atomic E-state index is 14.1. The van der Waals surface area contributed by atoms with E-state index in [4.69, 9.17) is 27.5 Å². The van der Waals surface area contributed by atoms with Crippen LogP contribution in [0, 0.1) is 17.1 Å². The standard InChI is InChI=1S/C27H31ClFN3O/c28-23-14-20(6-7-24(23)29)32-26-13-19(16-30)25(31)15-21(26)22(12-17-4-2-1-3-5-17)27(32)18-8-10-33-11-9-18/h6-7,13-18,30H,1-5,8-12,31H2. The van der Waals surface area contributed by atoms with Gasteiger partial charge in [-0.25, -0.2) is 4.39 Å². The summed E-state index contributed by atoms with van der Waals surface area (Å²) in [6.07, 6.45) is 10.7. The van der Waals surface area contributed by atoms with Crippen LogP contribution in [0.3, 0.4) is 0 Å². The summed E-state index contributed by atoms with van der Waals surface area (Å²) >= 11 is 6.23. The Morgan fingerprint density at radius 3 is 2.55 bits per heavy atom. The fourth-order valence-electron chi connectivity index (χ4n) is 5.77. The van der Waals surface area contributed by atoms with Crippen molar-refractivity contribution in [3.63, 3.8) is 0 Å². The second kappa shape index (κ2) is 9.47. The van der Waals surface area contributed by atoms with Crippen molar-refractivity contribution in [3.8, 4) is 5.69 Å². The van der Waals surface area contributed by atoms with Crippen molar-refractivity contribution in [1.29, 1.82) is 5.41 Å². The molecule has 0 atom stereocenters. The first kappa shape index (κ1) is 22.4. The molecule has 6 heteroatoms. The first-order chi connectivity index (χ1) is 16.1. The lowest BCUT2D eigenvalue weighted by Gasteiger charge is -2.27. The monoisotopic (exact) mass is 467 g/mol. The number of fused-ring (bicyclic) bond motifs is 1. The number of hydrogen-bond donors (Lipinski definition) is 2. The van der Waals surface area contributed by atoms with Gasteiger partial charge in [-0.15, -0.1) is 0 Å². The van der Waals surface area contributed by atoms with Gasteiger partial charge in [0.25, 0.3) is 0 Å². The predicted octanol–water partition coefficient (Wildman–Crippen LogP) is 7.02. The van der Waals surface area contributed by atoms with Crippen molar-refractivity contribution in [2.45, 2.75) is 57.3 Å². The van der Waals surface area contributed by atoms with Crippen LogP contribution in [-0.2, 0) is 11.2 Å². The summed E-state index contributed by atoms with van der Waals surface area (Å²) in [5.74, 6) is 0.589. The van der Waals surface area contributed by atoms with E-state index < -0.39 is 5.82 Å².